The van der Waals surface area contributed by atoms with Gasteiger partial charge in [-0.2, -0.15) is 11.8 Å². The highest BCUT2D eigenvalue weighted by molar-refractivity contribution is 14.0. The van der Waals surface area contributed by atoms with Crippen LogP contribution in [-0.2, 0) is 0 Å². The molecule has 0 rings (SSSR count). The first-order valence-corrected chi connectivity index (χ1v) is 7.21. The second-order valence-electron chi connectivity index (χ2n) is 3.40. The van der Waals surface area contributed by atoms with Gasteiger partial charge in [0.1, 0.15) is 0 Å². The molecule has 5 heteroatoms. The molecular weight excluding hydrogens is 345 g/mol. The lowest BCUT2D eigenvalue weighted by Gasteiger charge is -2.10. The van der Waals surface area contributed by atoms with E-state index in [1.165, 1.54) is 6.42 Å². The molecule has 0 aliphatic rings. The Kier molecular flexibility index (Phi) is 18.4. The Morgan fingerprint density at radius 2 is 2.12 bits per heavy atom. The smallest absolute Gasteiger partial charge is 0.191 e. The van der Waals surface area contributed by atoms with Gasteiger partial charge < -0.3 is 10.6 Å². The zero-order valence-corrected chi connectivity index (χ0v) is 14.1. The molecule has 0 aromatic carbocycles. The summed E-state index contributed by atoms with van der Waals surface area (Å²) in [6.45, 7) is 10.7. The van der Waals surface area contributed by atoms with Crippen LogP contribution < -0.4 is 10.6 Å². The van der Waals surface area contributed by atoms with Gasteiger partial charge in [-0.3, -0.25) is 4.99 Å². The summed E-state index contributed by atoms with van der Waals surface area (Å²) in [4.78, 5) is 4.49. The highest BCUT2D eigenvalue weighted by Gasteiger charge is 1.95. The van der Waals surface area contributed by atoms with Gasteiger partial charge in [0.2, 0.25) is 0 Å². The van der Waals surface area contributed by atoms with Crippen molar-refractivity contribution < 1.29 is 0 Å². The third-order valence-electron chi connectivity index (χ3n) is 1.90. The average Bonchev–Trinajstić information content (AvgIpc) is 2.29. The second kappa shape index (κ2) is 16.1. The van der Waals surface area contributed by atoms with E-state index in [2.05, 4.69) is 36.1 Å². The minimum absolute atomic E-state index is 0. The Morgan fingerprint density at radius 1 is 1.35 bits per heavy atom. The molecule has 0 unspecified atom stereocenters. The summed E-state index contributed by atoms with van der Waals surface area (Å²) in [6.07, 6.45) is 4.28. The summed E-state index contributed by atoms with van der Waals surface area (Å²) in [5.41, 5.74) is 0. The quantitative estimate of drug-likeness (QED) is 0.215. The average molecular weight is 371 g/mol. The molecule has 0 fully saturated rings. The van der Waals surface area contributed by atoms with Crippen LogP contribution in [0.4, 0.5) is 0 Å². The van der Waals surface area contributed by atoms with Gasteiger partial charge in [0.15, 0.2) is 5.96 Å². The van der Waals surface area contributed by atoms with E-state index in [9.17, 15) is 0 Å². The number of nitrogens with one attached hydrogen (secondary N) is 2. The van der Waals surface area contributed by atoms with Gasteiger partial charge in [-0.25, -0.2) is 0 Å². The summed E-state index contributed by atoms with van der Waals surface area (Å²) in [5.74, 6) is 3.05. The largest absolute Gasteiger partial charge is 0.357 e. The predicted molar refractivity (Wildman–Crippen MR) is 91.8 cm³/mol. The normalized spacial score (nSPS) is 10.6. The molecule has 0 aliphatic heterocycles. The van der Waals surface area contributed by atoms with Crippen LogP contribution in [0, 0.1) is 0 Å². The minimum atomic E-state index is 0. The first-order chi connectivity index (χ1) is 7.85. The molecule has 0 atom stereocenters. The van der Waals surface area contributed by atoms with E-state index in [0.717, 1.165) is 43.5 Å². The van der Waals surface area contributed by atoms with Crippen molar-refractivity contribution in [2.45, 2.75) is 26.7 Å². The molecule has 3 nitrogen and oxygen atoms in total. The Bertz CT molecular complexity index is 198. The van der Waals surface area contributed by atoms with Crippen molar-refractivity contribution in [3.8, 4) is 0 Å². The molecule has 0 heterocycles. The van der Waals surface area contributed by atoms with Crippen molar-refractivity contribution in [2.75, 3.05) is 31.1 Å². The fraction of sp³-hybridized carbons (Fsp3) is 0.750. The van der Waals surface area contributed by atoms with Crippen LogP contribution in [0.15, 0.2) is 17.6 Å². The van der Waals surface area contributed by atoms with Gasteiger partial charge in [-0.15, -0.1) is 30.6 Å². The van der Waals surface area contributed by atoms with E-state index >= 15 is 0 Å². The first kappa shape index (κ1) is 19.4. The van der Waals surface area contributed by atoms with Crippen molar-refractivity contribution in [3.63, 3.8) is 0 Å². The summed E-state index contributed by atoms with van der Waals surface area (Å²) >= 11 is 1.88. The standard InChI is InChI=1S/C12H25N3S.HI/c1-4-7-8-14-12(13-6-3)15-9-11-16-10-5-2;/h5H,2,4,6-11H2,1,3H3,(H2,13,14,15);1H. The van der Waals surface area contributed by atoms with Crippen molar-refractivity contribution in [1.29, 1.82) is 0 Å². The zero-order valence-electron chi connectivity index (χ0n) is 11.0. The molecule has 0 aliphatic carbocycles. The van der Waals surface area contributed by atoms with Crippen LogP contribution in [0.2, 0.25) is 0 Å². The van der Waals surface area contributed by atoms with E-state index in [0.29, 0.717) is 0 Å². The first-order valence-electron chi connectivity index (χ1n) is 6.06. The molecule has 17 heavy (non-hydrogen) atoms. The fourth-order valence-electron chi connectivity index (χ4n) is 1.10. The molecule has 102 valence electrons. The summed E-state index contributed by atoms with van der Waals surface area (Å²) < 4.78 is 0. The topological polar surface area (TPSA) is 36.4 Å². The summed E-state index contributed by atoms with van der Waals surface area (Å²) in [7, 11) is 0. The van der Waals surface area contributed by atoms with Gasteiger partial charge in [0, 0.05) is 31.1 Å². The van der Waals surface area contributed by atoms with Gasteiger partial charge >= 0.3 is 0 Å². The van der Waals surface area contributed by atoms with E-state index < -0.39 is 0 Å². The SMILES string of the molecule is C=CCSCCNC(=NCCCC)NCC.I. The molecule has 0 aromatic rings. The summed E-state index contributed by atoms with van der Waals surface area (Å²) in [6, 6.07) is 0. The minimum Gasteiger partial charge on any atom is -0.357 e. The van der Waals surface area contributed by atoms with Gasteiger partial charge in [-0.1, -0.05) is 19.4 Å². The Labute approximate surface area is 127 Å². The molecule has 0 bridgehead atoms. The Hall–Kier alpha value is 0.0900. The lowest BCUT2D eigenvalue weighted by Crippen LogP contribution is -2.38. The number of hydrogen-bond donors (Lipinski definition) is 2. The molecule has 0 spiro atoms. The van der Waals surface area contributed by atoms with Crippen LogP contribution in [0.1, 0.15) is 26.7 Å². The number of nitrogens with zero attached hydrogens (tertiary/aromatic N) is 1. The van der Waals surface area contributed by atoms with Crippen LogP contribution in [-0.4, -0.2) is 37.1 Å². The molecule has 0 aromatic heterocycles. The third kappa shape index (κ3) is 14.0. The fourth-order valence-corrected chi connectivity index (χ4v) is 1.68. The Morgan fingerprint density at radius 3 is 2.71 bits per heavy atom. The number of hydrogen-bond acceptors (Lipinski definition) is 2. The molecule has 0 radical (unpaired) electrons. The van der Waals surface area contributed by atoms with Gasteiger partial charge in [-0.05, 0) is 13.3 Å². The van der Waals surface area contributed by atoms with Crippen LogP contribution in [0.25, 0.3) is 0 Å². The lowest BCUT2D eigenvalue weighted by atomic mass is 10.3. The van der Waals surface area contributed by atoms with Gasteiger partial charge in [0.05, 0.1) is 0 Å². The molecule has 2 N–H and O–H groups in total. The predicted octanol–water partition coefficient (Wildman–Crippen LogP) is 2.88. The molecule has 0 amide bonds. The van der Waals surface area contributed by atoms with Crippen molar-refractivity contribution in [1.82, 2.24) is 10.6 Å². The van der Waals surface area contributed by atoms with E-state index in [1.54, 1.807) is 0 Å². The van der Waals surface area contributed by atoms with Crippen molar-refractivity contribution in [2.24, 2.45) is 4.99 Å². The van der Waals surface area contributed by atoms with Crippen molar-refractivity contribution in [3.05, 3.63) is 12.7 Å². The van der Waals surface area contributed by atoms with E-state index in [1.807, 2.05) is 17.8 Å². The molecule has 0 saturated carbocycles. The number of unbranched alkanes of at least 4 members (excludes halogenated alkanes) is 1. The molecular formula is C12H26IN3S. The Balaban J connectivity index is 0. The number of rotatable bonds is 9. The third-order valence-corrected chi connectivity index (χ3v) is 2.86. The number of thioether (sulfide) groups is 1. The highest BCUT2D eigenvalue weighted by Crippen LogP contribution is 1.96. The highest BCUT2D eigenvalue weighted by atomic mass is 127. The van der Waals surface area contributed by atoms with Crippen molar-refractivity contribution >= 4 is 41.7 Å². The maximum absolute atomic E-state index is 4.49. The number of aliphatic imine (C=N–C) groups is 1. The maximum atomic E-state index is 4.49. The molecule has 0 saturated heterocycles. The van der Waals surface area contributed by atoms with Crippen LogP contribution in [0.5, 0.6) is 0 Å². The van der Waals surface area contributed by atoms with Crippen LogP contribution in [0.3, 0.4) is 0 Å². The lowest BCUT2D eigenvalue weighted by molar-refractivity contribution is 0.781. The maximum Gasteiger partial charge on any atom is 0.191 e. The monoisotopic (exact) mass is 371 g/mol. The summed E-state index contributed by atoms with van der Waals surface area (Å²) in [5, 5.41) is 6.56. The van der Waals surface area contributed by atoms with Crippen LogP contribution >= 0.6 is 35.7 Å². The zero-order chi connectivity index (χ0) is 12.1. The number of guanidine groups is 1. The van der Waals surface area contributed by atoms with E-state index in [4.69, 9.17) is 0 Å². The van der Waals surface area contributed by atoms with E-state index in [-0.39, 0.29) is 24.0 Å². The second-order valence-corrected chi connectivity index (χ2v) is 4.55. The number of halogens is 1. The van der Waals surface area contributed by atoms with Gasteiger partial charge in [0.25, 0.3) is 0 Å².